The normalized spacial score (nSPS) is 13.0. The highest BCUT2D eigenvalue weighted by atomic mass is 19.4. The molecule has 4 heterocycles. The summed E-state index contributed by atoms with van der Waals surface area (Å²) < 4.78 is 42.9. The van der Waals surface area contributed by atoms with E-state index < -0.39 is 11.7 Å². The smallest absolute Gasteiger partial charge is 0.334 e. The largest absolute Gasteiger partial charge is 0.416 e. The number of alkyl halides is 3. The molecule has 0 amide bonds. The fourth-order valence-corrected chi connectivity index (χ4v) is 3.90. The van der Waals surface area contributed by atoms with E-state index in [9.17, 15) is 13.2 Å². The minimum atomic E-state index is -4.39. The number of aryl methyl sites for hydroxylation is 2. The van der Waals surface area contributed by atoms with E-state index in [0.717, 1.165) is 34.5 Å². The highest BCUT2D eigenvalue weighted by molar-refractivity contribution is 5.91. The zero-order valence-electron chi connectivity index (χ0n) is 18.1. The molecule has 1 unspecified atom stereocenters. The summed E-state index contributed by atoms with van der Waals surface area (Å²) in [6, 6.07) is 4.93. The number of benzene rings is 1. The van der Waals surface area contributed by atoms with Crippen LogP contribution in [-0.2, 0) is 13.2 Å². The molecule has 33 heavy (non-hydrogen) atoms. The Labute approximate surface area is 186 Å². The summed E-state index contributed by atoms with van der Waals surface area (Å²) in [5, 5.41) is 11.4. The first kappa shape index (κ1) is 20.9. The van der Waals surface area contributed by atoms with Crippen LogP contribution in [0.5, 0.6) is 0 Å². The van der Waals surface area contributed by atoms with E-state index in [1.807, 2.05) is 37.9 Å². The molecule has 7 nitrogen and oxygen atoms in total. The van der Waals surface area contributed by atoms with Crippen LogP contribution in [0.4, 0.5) is 13.2 Å². The highest BCUT2D eigenvalue weighted by Gasteiger charge is 2.31. The molecule has 0 aliphatic rings. The highest BCUT2D eigenvalue weighted by Crippen LogP contribution is 2.33. The van der Waals surface area contributed by atoms with Gasteiger partial charge >= 0.3 is 6.18 Å². The molecule has 168 valence electrons. The van der Waals surface area contributed by atoms with E-state index >= 15 is 0 Å². The van der Waals surface area contributed by atoms with Crippen LogP contribution in [0.25, 0.3) is 33.5 Å². The fraction of sp³-hybridized carbons (Fsp3) is 0.217. The topological polar surface area (TPSA) is 77.2 Å². The summed E-state index contributed by atoms with van der Waals surface area (Å²) in [5.41, 5.74) is 5.37. The Hall–Kier alpha value is -3.95. The standard InChI is InChI=1S/C23H20F3N7/c1-13-18(9-28-31-13)20-10-27-22-21(30-20)19(12-32(22)3)16-8-29-33(11-16)14(2)15-5-4-6-17(7-15)23(24,25)26/h4-12,14H,1-3H3,(H,28,31). The Balaban J connectivity index is 1.53. The summed E-state index contributed by atoms with van der Waals surface area (Å²) >= 11 is 0. The zero-order chi connectivity index (χ0) is 23.3. The fourth-order valence-electron chi connectivity index (χ4n) is 3.90. The molecule has 0 bridgehead atoms. The third-order valence-electron chi connectivity index (χ3n) is 5.78. The lowest BCUT2D eigenvalue weighted by atomic mass is 10.0. The molecule has 0 aliphatic heterocycles. The second-order valence-electron chi connectivity index (χ2n) is 8.00. The van der Waals surface area contributed by atoms with Crippen molar-refractivity contribution in [2.75, 3.05) is 0 Å². The van der Waals surface area contributed by atoms with Crippen molar-refractivity contribution in [3.05, 3.63) is 72.1 Å². The molecule has 1 aromatic carbocycles. The van der Waals surface area contributed by atoms with Crippen LogP contribution in [-0.4, -0.2) is 34.5 Å². The van der Waals surface area contributed by atoms with Crippen LogP contribution < -0.4 is 0 Å². The molecule has 4 aromatic heterocycles. The van der Waals surface area contributed by atoms with Gasteiger partial charge in [0.2, 0.25) is 0 Å². The van der Waals surface area contributed by atoms with Gasteiger partial charge in [0.15, 0.2) is 5.65 Å². The Morgan fingerprint density at radius 2 is 1.88 bits per heavy atom. The molecule has 1 atom stereocenters. The Morgan fingerprint density at radius 1 is 1.06 bits per heavy atom. The lowest BCUT2D eigenvalue weighted by Crippen LogP contribution is -2.10. The predicted octanol–water partition coefficient (Wildman–Crippen LogP) is 5.16. The van der Waals surface area contributed by atoms with Gasteiger partial charge in [-0.15, -0.1) is 0 Å². The number of fused-ring (bicyclic) bond motifs is 1. The third kappa shape index (κ3) is 3.67. The van der Waals surface area contributed by atoms with Gasteiger partial charge in [-0.3, -0.25) is 9.78 Å². The molecule has 0 aliphatic carbocycles. The summed E-state index contributed by atoms with van der Waals surface area (Å²) in [5.74, 6) is 0. The van der Waals surface area contributed by atoms with Gasteiger partial charge in [-0.05, 0) is 31.5 Å². The van der Waals surface area contributed by atoms with Gasteiger partial charge in [0, 0.05) is 41.8 Å². The van der Waals surface area contributed by atoms with Crippen molar-refractivity contribution < 1.29 is 13.2 Å². The van der Waals surface area contributed by atoms with E-state index in [-0.39, 0.29) is 6.04 Å². The van der Waals surface area contributed by atoms with Crippen molar-refractivity contribution in [3.8, 4) is 22.4 Å². The first-order valence-corrected chi connectivity index (χ1v) is 10.3. The second kappa shape index (κ2) is 7.58. The Morgan fingerprint density at radius 3 is 2.61 bits per heavy atom. The van der Waals surface area contributed by atoms with Crippen molar-refractivity contribution in [2.45, 2.75) is 26.1 Å². The Bertz CT molecular complexity index is 1460. The van der Waals surface area contributed by atoms with Gasteiger partial charge in [0.1, 0.15) is 5.52 Å². The van der Waals surface area contributed by atoms with Crippen LogP contribution >= 0.6 is 0 Å². The van der Waals surface area contributed by atoms with Crippen molar-refractivity contribution in [3.63, 3.8) is 0 Å². The molecular formula is C23H20F3N7. The molecule has 1 N–H and O–H groups in total. The molecule has 0 saturated carbocycles. The SMILES string of the molecule is Cc1[nH]ncc1-c1cnc2c(n1)c(-c1cnn(C(C)c3cccc(C(F)(F)F)c3)c1)cn2C. The van der Waals surface area contributed by atoms with Crippen LogP contribution in [0.1, 0.15) is 29.8 Å². The number of hydrogen-bond donors (Lipinski definition) is 1. The van der Waals surface area contributed by atoms with Crippen molar-refractivity contribution in [1.29, 1.82) is 0 Å². The second-order valence-corrected chi connectivity index (χ2v) is 8.00. The molecule has 0 saturated heterocycles. The zero-order valence-corrected chi connectivity index (χ0v) is 18.1. The summed E-state index contributed by atoms with van der Waals surface area (Å²) in [6.07, 6.45) is 4.46. The first-order valence-electron chi connectivity index (χ1n) is 10.3. The van der Waals surface area contributed by atoms with Gasteiger partial charge in [0.05, 0.1) is 35.9 Å². The molecule has 5 aromatic rings. The van der Waals surface area contributed by atoms with Crippen molar-refractivity contribution in [1.82, 2.24) is 34.5 Å². The molecular weight excluding hydrogens is 431 g/mol. The lowest BCUT2D eigenvalue weighted by molar-refractivity contribution is -0.137. The summed E-state index contributed by atoms with van der Waals surface area (Å²) in [7, 11) is 1.89. The van der Waals surface area contributed by atoms with E-state index in [0.29, 0.717) is 22.4 Å². The van der Waals surface area contributed by atoms with Gasteiger partial charge in [-0.2, -0.15) is 23.4 Å². The number of H-pyrrole nitrogens is 1. The van der Waals surface area contributed by atoms with Crippen LogP contribution in [0.2, 0.25) is 0 Å². The number of halogens is 3. The monoisotopic (exact) mass is 451 g/mol. The van der Waals surface area contributed by atoms with Crippen LogP contribution in [0.15, 0.2) is 55.2 Å². The number of hydrogen-bond acceptors (Lipinski definition) is 4. The number of aromatic amines is 1. The molecule has 10 heteroatoms. The average Bonchev–Trinajstić information content (AvgIpc) is 3.51. The minimum absolute atomic E-state index is 0.383. The maximum absolute atomic E-state index is 13.1. The van der Waals surface area contributed by atoms with Gasteiger partial charge < -0.3 is 4.57 Å². The third-order valence-corrected chi connectivity index (χ3v) is 5.78. The summed E-state index contributed by atoms with van der Waals surface area (Å²) in [4.78, 5) is 9.39. The van der Waals surface area contributed by atoms with E-state index in [1.54, 1.807) is 29.3 Å². The van der Waals surface area contributed by atoms with Gasteiger partial charge in [-0.1, -0.05) is 12.1 Å². The van der Waals surface area contributed by atoms with Crippen molar-refractivity contribution in [2.24, 2.45) is 7.05 Å². The average molecular weight is 451 g/mol. The Kier molecular flexibility index (Phi) is 4.80. The number of aromatic nitrogens is 7. The number of rotatable bonds is 4. The number of nitrogens with zero attached hydrogens (tertiary/aromatic N) is 6. The maximum atomic E-state index is 13.1. The minimum Gasteiger partial charge on any atom is -0.334 e. The van der Waals surface area contributed by atoms with Crippen LogP contribution in [0.3, 0.4) is 0 Å². The van der Waals surface area contributed by atoms with Gasteiger partial charge in [-0.25, -0.2) is 9.97 Å². The molecule has 5 rings (SSSR count). The van der Waals surface area contributed by atoms with E-state index in [4.69, 9.17) is 4.98 Å². The lowest BCUT2D eigenvalue weighted by Gasteiger charge is -2.15. The summed E-state index contributed by atoms with van der Waals surface area (Å²) in [6.45, 7) is 3.73. The van der Waals surface area contributed by atoms with Gasteiger partial charge in [0.25, 0.3) is 0 Å². The van der Waals surface area contributed by atoms with E-state index in [2.05, 4.69) is 20.3 Å². The quantitative estimate of drug-likeness (QED) is 0.410. The predicted molar refractivity (Wildman–Crippen MR) is 117 cm³/mol. The molecule has 0 radical (unpaired) electrons. The van der Waals surface area contributed by atoms with E-state index in [1.165, 1.54) is 6.07 Å². The maximum Gasteiger partial charge on any atom is 0.416 e. The number of nitrogens with one attached hydrogen (secondary N) is 1. The molecule has 0 spiro atoms. The first-order chi connectivity index (χ1) is 15.7. The van der Waals surface area contributed by atoms with Crippen LogP contribution in [0, 0.1) is 6.92 Å². The molecule has 0 fully saturated rings. The van der Waals surface area contributed by atoms with Crippen molar-refractivity contribution >= 4 is 11.2 Å².